The number of morpholine rings is 1. The first-order chi connectivity index (χ1) is 20.1. The number of urea groups is 1. The lowest BCUT2D eigenvalue weighted by atomic mass is 9.95. The molecule has 2 atom stereocenters. The molecule has 2 aliphatic rings. The number of hydrogen-bond acceptors (Lipinski definition) is 6. The van der Waals surface area contributed by atoms with E-state index in [1.807, 2.05) is 60.8 Å². The highest BCUT2D eigenvalue weighted by atomic mass is 16.5. The van der Waals surface area contributed by atoms with Crippen molar-refractivity contribution in [1.82, 2.24) is 25.1 Å². The minimum atomic E-state index is -1.20. The molecule has 3 heterocycles. The maximum absolute atomic E-state index is 13.9. The Balaban J connectivity index is 1.42. The second-order valence-electron chi connectivity index (χ2n) is 12.1. The number of nitrogens with zero attached hydrogens (tertiary/aromatic N) is 3. The summed E-state index contributed by atoms with van der Waals surface area (Å²) >= 11 is 0. The average Bonchev–Trinajstić information content (AvgIpc) is 3.66. The fraction of sp³-hybridized carbons (Fsp3) is 0.548. The normalized spacial score (nSPS) is 18.0. The minimum Gasteiger partial charge on any atom is -0.476 e. The Hall–Kier alpha value is -3.86. The summed E-state index contributed by atoms with van der Waals surface area (Å²) in [6, 6.07) is 6.12. The lowest BCUT2D eigenvalue weighted by Crippen LogP contribution is -2.62. The van der Waals surface area contributed by atoms with E-state index in [1.54, 1.807) is 6.92 Å². The van der Waals surface area contributed by atoms with Gasteiger partial charge in [-0.25, -0.2) is 14.6 Å². The van der Waals surface area contributed by atoms with Crippen molar-refractivity contribution in [2.24, 2.45) is 13.0 Å². The summed E-state index contributed by atoms with van der Waals surface area (Å²) in [5.74, 6) is -1.17. The van der Waals surface area contributed by atoms with Crippen LogP contribution in [-0.2, 0) is 23.0 Å². The second-order valence-corrected chi connectivity index (χ2v) is 12.1. The summed E-state index contributed by atoms with van der Waals surface area (Å²) in [5, 5.41) is 16.7. The number of hydrogen-bond donors (Lipinski definition) is 3. The van der Waals surface area contributed by atoms with E-state index in [0.717, 1.165) is 42.1 Å². The first-order valence-electron chi connectivity index (χ1n) is 14.8. The van der Waals surface area contributed by atoms with Crippen LogP contribution in [0.5, 0.6) is 0 Å². The van der Waals surface area contributed by atoms with Crippen LogP contribution < -0.4 is 10.6 Å². The highest BCUT2D eigenvalue weighted by Crippen LogP contribution is 2.37. The van der Waals surface area contributed by atoms with Crippen LogP contribution in [-0.4, -0.2) is 68.8 Å². The lowest BCUT2D eigenvalue weighted by molar-refractivity contribution is -0.124. The van der Waals surface area contributed by atoms with Crippen LogP contribution >= 0.6 is 0 Å². The zero-order valence-electron chi connectivity index (χ0n) is 24.8. The van der Waals surface area contributed by atoms with Crippen molar-refractivity contribution in [3.05, 3.63) is 53.4 Å². The molecule has 1 saturated carbocycles. The number of nitrogens with one attached hydrogen (secondary N) is 2. The summed E-state index contributed by atoms with van der Waals surface area (Å²) < 4.78 is 13.6. The summed E-state index contributed by atoms with van der Waals surface area (Å²) in [6.07, 6.45) is 6.63. The SMILES string of the molecule is Cc1oc(C(Cc2cn(C)c3ccccc23)NC(=O)[C@H](CC(C)C)NC(=O)N2CCOCC23CCCC3)nc1C(=O)O. The molecule has 2 aromatic heterocycles. The molecule has 5 rings (SSSR count). The van der Waals surface area contributed by atoms with Gasteiger partial charge in [0.2, 0.25) is 11.8 Å². The molecule has 0 bridgehead atoms. The zero-order chi connectivity index (χ0) is 30.0. The quantitative estimate of drug-likeness (QED) is 0.343. The van der Waals surface area contributed by atoms with Gasteiger partial charge in [-0.2, -0.15) is 0 Å². The first kappa shape index (κ1) is 29.6. The molecule has 1 spiro atoms. The van der Waals surface area contributed by atoms with Gasteiger partial charge in [0.1, 0.15) is 17.8 Å². The Morgan fingerprint density at radius 2 is 1.88 bits per heavy atom. The van der Waals surface area contributed by atoms with Gasteiger partial charge in [0.05, 0.1) is 18.8 Å². The molecule has 2 fully saturated rings. The number of rotatable bonds is 9. The number of ether oxygens (including phenoxy) is 1. The van der Waals surface area contributed by atoms with Crippen molar-refractivity contribution in [1.29, 1.82) is 0 Å². The molecule has 11 nitrogen and oxygen atoms in total. The largest absolute Gasteiger partial charge is 0.476 e. The number of carboxylic acids is 1. The van der Waals surface area contributed by atoms with Gasteiger partial charge in [-0.1, -0.05) is 44.9 Å². The summed E-state index contributed by atoms with van der Waals surface area (Å²) in [7, 11) is 1.95. The monoisotopic (exact) mass is 579 g/mol. The third kappa shape index (κ3) is 6.01. The number of amides is 3. The maximum Gasteiger partial charge on any atom is 0.358 e. The van der Waals surface area contributed by atoms with Crippen molar-refractivity contribution in [3.8, 4) is 0 Å². The molecule has 11 heteroatoms. The van der Waals surface area contributed by atoms with E-state index in [4.69, 9.17) is 9.15 Å². The number of para-hydroxylation sites is 1. The molecule has 1 aromatic carbocycles. The molecule has 3 aromatic rings. The van der Waals surface area contributed by atoms with Gasteiger partial charge in [0.25, 0.3) is 0 Å². The van der Waals surface area contributed by atoms with Crippen LogP contribution in [0.25, 0.3) is 10.9 Å². The topological polar surface area (TPSA) is 139 Å². The standard InChI is InChI=1S/C31H41N5O6/c1-19(2)15-23(33-30(40)36-13-14-41-18-31(36)11-7-8-12-31)27(37)32-24(28-34-26(29(38)39)20(3)42-28)16-21-17-35(4)25-10-6-5-9-22(21)25/h5-6,9-10,17,19,23-24H,7-8,11-16,18H2,1-4H3,(H,32,37)(H,33,40)(H,38,39)/t23-,24?/m0/s1. The molecular formula is C31H41N5O6. The molecule has 1 saturated heterocycles. The average molecular weight is 580 g/mol. The van der Waals surface area contributed by atoms with Crippen LogP contribution in [0.15, 0.2) is 34.9 Å². The predicted molar refractivity (Wildman–Crippen MR) is 156 cm³/mol. The van der Waals surface area contributed by atoms with Gasteiger partial charge in [-0.05, 0) is 43.7 Å². The third-order valence-corrected chi connectivity index (χ3v) is 8.54. The highest BCUT2D eigenvalue weighted by Gasteiger charge is 2.45. The van der Waals surface area contributed by atoms with Gasteiger partial charge in [-0.15, -0.1) is 0 Å². The Labute approximate surface area is 245 Å². The summed E-state index contributed by atoms with van der Waals surface area (Å²) in [6.45, 7) is 7.02. The number of benzene rings is 1. The van der Waals surface area contributed by atoms with E-state index >= 15 is 0 Å². The van der Waals surface area contributed by atoms with Crippen molar-refractivity contribution in [2.75, 3.05) is 19.8 Å². The molecule has 1 aliphatic carbocycles. The number of carbonyl (C=O) groups is 3. The van der Waals surface area contributed by atoms with Crippen LogP contribution in [0.2, 0.25) is 0 Å². The number of carbonyl (C=O) groups excluding carboxylic acids is 2. The number of carboxylic acid groups (broad SMARTS) is 1. The smallest absolute Gasteiger partial charge is 0.358 e. The van der Waals surface area contributed by atoms with Gasteiger partial charge in [-0.3, -0.25) is 4.79 Å². The van der Waals surface area contributed by atoms with E-state index in [1.165, 1.54) is 0 Å². The van der Waals surface area contributed by atoms with Gasteiger partial charge in [0.15, 0.2) is 5.69 Å². The Morgan fingerprint density at radius 3 is 2.57 bits per heavy atom. The fourth-order valence-corrected chi connectivity index (χ4v) is 6.47. The van der Waals surface area contributed by atoms with Crippen molar-refractivity contribution < 1.29 is 28.6 Å². The van der Waals surface area contributed by atoms with Crippen LogP contribution in [0.4, 0.5) is 4.79 Å². The zero-order valence-corrected chi connectivity index (χ0v) is 24.8. The van der Waals surface area contributed by atoms with E-state index in [2.05, 4.69) is 15.6 Å². The minimum absolute atomic E-state index is 0.110. The van der Waals surface area contributed by atoms with Crippen molar-refractivity contribution in [3.63, 3.8) is 0 Å². The van der Waals surface area contributed by atoms with Gasteiger partial charge >= 0.3 is 12.0 Å². The van der Waals surface area contributed by atoms with E-state index in [0.29, 0.717) is 32.6 Å². The second kappa shape index (κ2) is 12.2. The fourth-order valence-electron chi connectivity index (χ4n) is 6.47. The molecule has 0 radical (unpaired) electrons. The van der Waals surface area contributed by atoms with E-state index in [9.17, 15) is 19.5 Å². The highest BCUT2D eigenvalue weighted by molar-refractivity contribution is 5.88. The van der Waals surface area contributed by atoms with E-state index < -0.39 is 18.1 Å². The number of aryl methyl sites for hydroxylation is 2. The summed E-state index contributed by atoms with van der Waals surface area (Å²) in [5.41, 5.74) is 1.47. The Morgan fingerprint density at radius 1 is 1.14 bits per heavy atom. The van der Waals surface area contributed by atoms with Crippen LogP contribution in [0.1, 0.15) is 79.7 Å². The van der Waals surface area contributed by atoms with E-state index in [-0.39, 0.29) is 40.7 Å². The molecular weight excluding hydrogens is 538 g/mol. The number of fused-ring (bicyclic) bond motifs is 1. The van der Waals surface area contributed by atoms with Gasteiger partial charge < -0.3 is 34.4 Å². The molecule has 3 N–H and O–H groups in total. The predicted octanol–water partition coefficient (Wildman–Crippen LogP) is 4.34. The van der Waals surface area contributed by atoms with Crippen LogP contribution in [0, 0.1) is 12.8 Å². The number of aromatic nitrogens is 2. The van der Waals surface area contributed by atoms with Gasteiger partial charge in [0, 0.05) is 37.1 Å². The van der Waals surface area contributed by atoms with Crippen molar-refractivity contribution >= 4 is 28.8 Å². The third-order valence-electron chi connectivity index (χ3n) is 8.54. The molecule has 1 aliphatic heterocycles. The lowest BCUT2D eigenvalue weighted by Gasteiger charge is -2.45. The van der Waals surface area contributed by atoms with Crippen LogP contribution in [0.3, 0.4) is 0 Å². The first-order valence-corrected chi connectivity index (χ1v) is 14.8. The molecule has 42 heavy (non-hydrogen) atoms. The van der Waals surface area contributed by atoms with Crippen molar-refractivity contribution in [2.45, 2.75) is 76.9 Å². The molecule has 1 unspecified atom stereocenters. The maximum atomic E-state index is 13.9. The molecule has 3 amide bonds. The Bertz CT molecular complexity index is 1450. The summed E-state index contributed by atoms with van der Waals surface area (Å²) in [4.78, 5) is 45.4. The number of aromatic carboxylic acids is 1. The molecule has 226 valence electrons. The number of oxazole rings is 1. The Kier molecular flexibility index (Phi) is 8.58.